The van der Waals surface area contributed by atoms with Crippen LogP contribution in [0.15, 0.2) is 24.3 Å². The molecule has 18 heavy (non-hydrogen) atoms. The highest BCUT2D eigenvalue weighted by Crippen LogP contribution is 2.37. The van der Waals surface area contributed by atoms with E-state index in [1.54, 1.807) is 0 Å². The van der Waals surface area contributed by atoms with Crippen molar-refractivity contribution in [2.75, 3.05) is 6.54 Å². The number of hydrogen-bond acceptors (Lipinski definition) is 2. The molecule has 2 aliphatic carbocycles. The van der Waals surface area contributed by atoms with Crippen LogP contribution in [-0.2, 0) is 0 Å². The molecule has 0 bridgehead atoms. The van der Waals surface area contributed by atoms with E-state index in [9.17, 15) is 5.11 Å². The third-order valence-electron chi connectivity index (χ3n) is 4.47. The van der Waals surface area contributed by atoms with Gasteiger partial charge < -0.3 is 10.4 Å². The number of rotatable bonds is 5. The molecule has 2 nitrogen and oxygen atoms in total. The van der Waals surface area contributed by atoms with Crippen molar-refractivity contribution in [2.45, 2.75) is 50.7 Å². The van der Waals surface area contributed by atoms with Crippen molar-refractivity contribution in [3.05, 3.63) is 35.4 Å². The summed E-state index contributed by atoms with van der Waals surface area (Å²) in [6.45, 7) is 2.92. The summed E-state index contributed by atoms with van der Waals surface area (Å²) in [6.07, 6.45) is 4.78. The van der Waals surface area contributed by atoms with E-state index < -0.39 is 0 Å². The summed E-state index contributed by atoms with van der Waals surface area (Å²) in [4.78, 5) is 0. The molecule has 0 saturated heterocycles. The van der Waals surface area contributed by atoms with Crippen LogP contribution in [0.5, 0.6) is 0 Å². The Hall–Kier alpha value is -0.860. The van der Waals surface area contributed by atoms with Gasteiger partial charge >= 0.3 is 0 Å². The summed E-state index contributed by atoms with van der Waals surface area (Å²) < 4.78 is 0. The average Bonchev–Trinajstić information content (AvgIpc) is 3.13. The molecule has 0 radical (unpaired) electrons. The van der Waals surface area contributed by atoms with Gasteiger partial charge in [-0.05, 0) is 50.0 Å². The average molecular weight is 245 g/mol. The minimum Gasteiger partial charge on any atom is -0.392 e. The second-order valence-corrected chi connectivity index (χ2v) is 6.09. The zero-order valence-corrected chi connectivity index (χ0v) is 11.1. The van der Waals surface area contributed by atoms with Crippen molar-refractivity contribution in [3.63, 3.8) is 0 Å². The normalized spacial score (nSPS) is 28.8. The molecule has 0 aromatic heterocycles. The van der Waals surface area contributed by atoms with Crippen LogP contribution in [0.4, 0.5) is 0 Å². The predicted molar refractivity (Wildman–Crippen MR) is 73.7 cm³/mol. The lowest BCUT2D eigenvalue weighted by Gasteiger charge is -2.37. The van der Waals surface area contributed by atoms with E-state index in [2.05, 4.69) is 36.5 Å². The molecule has 1 atom stereocenters. The molecule has 98 valence electrons. The molecule has 0 spiro atoms. The quantitative estimate of drug-likeness (QED) is 0.835. The summed E-state index contributed by atoms with van der Waals surface area (Å²) in [7, 11) is 0. The number of hydrogen-bond donors (Lipinski definition) is 2. The van der Waals surface area contributed by atoms with Gasteiger partial charge in [0.25, 0.3) is 0 Å². The highest BCUT2D eigenvalue weighted by atomic mass is 16.3. The minimum absolute atomic E-state index is 0.108. The van der Waals surface area contributed by atoms with Crippen molar-refractivity contribution in [1.29, 1.82) is 0 Å². The molecule has 0 aliphatic heterocycles. The molecule has 2 saturated carbocycles. The van der Waals surface area contributed by atoms with Crippen molar-refractivity contribution in [1.82, 2.24) is 5.32 Å². The lowest BCUT2D eigenvalue weighted by atomic mass is 9.75. The highest BCUT2D eigenvalue weighted by Gasteiger charge is 2.33. The molecule has 2 N–H and O–H groups in total. The first kappa shape index (κ1) is 12.2. The van der Waals surface area contributed by atoms with Crippen molar-refractivity contribution in [3.8, 4) is 0 Å². The Labute approximate surface area is 109 Å². The van der Waals surface area contributed by atoms with Crippen LogP contribution in [0.2, 0.25) is 0 Å². The highest BCUT2D eigenvalue weighted by molar-refractivity contribution is 5.26. The van der Waals surface area contributed by atoms with E-state index in [1.807, 2.05) is 0 Å². The number of benzene rings is 1. The van der Waals surface area contributed by atoms with Gasteiger partial charge in [0.1, 0.15) is 0 Å². The van der Waals surface area contributed by atoms with Crippen LogP contribution in [0.1, 0.15) is 42.7 Å². The second kappa shape index (κ2) is 5.02. The Kier molecular flexibility index (Phi) is 3.40. The fraction of sp³-hybridized carbons (Fsp3) is 0.625. The molecular weight excluding hydrogens is 222 g/mol. The summed E-state index contributed by atoms with van der Waals surface area (Å²) in [6, 6.07) is 9.54. The first-order valence-corrected chi connectivity index (χ1v) is 7.20. The summed E-state index contributed by atoms with van der Waals surface area (Å²) in [5.41, 5.74) is 2.81. The molecule has 0 amide bonds. The van der Waals surface area contributed by atoms with Crippen LogP contribution in [0.25, 0.3) is 0 Å². The van der Waals surface area contributed by atoms with E-state index in [1.165, 1.54) is 36.8 Å². The minimum atomic E-state index is -0.108. The maximum Gasteiger partial charge on any atom is 0.0692 e. The van der Waals surface area contributed by atoms with Crippen molar-refractivity contribution in [2.24, 2.45) is 5.92 Å². The number of aryl methyl sites for hydroxylation is 1. The Morgan fingerprint density at radius 2 is 1.89 bits per heavy atom. The zero-order valence-electron chi connectivity index (χ0n) is 11.1. The van der Waals surface area contributed by atoms with Gasteiger partial charge in [0, 0.05) is 12.6 Å². The van der Waals surface area contributed by atoms with Crippen LogP contribution in [0, 0.1) is 12.8 Å². The van der Waals surface area contributed by atoms with E-state index in [4.69, 9.17) is 0 Å². The Morgan fingerprint density at radius 3 is 2.50 bits per heavy atom. The molecule has 2 fully saturated rings. The Morgan fingerprint density at radius 1 is 1.22 bits per heavy atom. The van der Waals surface area contributed by atoms with Crippen LogP contribution in [0.3, 0.4) is 0 Å². The molecule has 2 heteroatoms. The zero-order chi connectivity index (χ0) is 12.5. The summed E-state index contributed by atoms with van der Waals surface area (Å²) in [5.74, 6) is 1.31. The Bertz CT molecular complexity index is 390. The molecule has 0 heterocycles. The molecule has 1 aromatic rings. The molecule has 1 aromatic carbocycles. The first-order chi connectivity index (χ1) is 8.72. The lowest BCUT2D eigenvalue weighted by Crippen LogP contribution is -2.43. The Balaban J connectivity index is 1.41. The molecular formula is C16H23NO. The number of aliphatic hydroxyl groups is 1. The number of aliphatic hydroxyl groups excluding tert-OH is 1. The smallest absolute Gasteiger partial charge is 0.0692 e. The molecule has 2 aliphatic rings. The third-order valence-corrected chi connectivity index (χ3v) is 4.47. The van der Waals surface area contributed by atoms with Gasteiger partial charge in [0.15, 0.2) is 0 Å². The SMILES string of the molecule is Cc1ccc(C2CC(NCC(O)C3CC3)C2)cc1. The van der Waals surface area contributed by atoms with Gasteiger partial charge in [0.05, 0.1) is 6.10 Å². The summed E-state index contributed by atoms with van der Waals surface area (Å²) in [5, 5.41) is 13.3. The maximum absolute atomic E-state index is 9.81. The first-order valence-electron chi connectivity index (χ1n) is 7.20. The predicted octanol–water partition coefficient (Wildman–Crippen LogP) is 2.60. The maximum atomic E-state index is 9.81. The topological polar surface area (TPSA) is 32.3 Å². The van der Waals surface area contributed by atoms with Gasteiger partial charge in [-0.15, -0.1) is 0 Å². The van der Waals surface area contributed by atoms with Crippen LogP contribution in [-0.4, -0.2) is 23.8 Å². The van der Waals surface area contributed by atoms with E-state index >= 15 is 0 Å². The lowest BCUT2D eigenvalue weighted by molar-refractivity contribution is 0.135. The standard InChI is InChI=1S/C16H23NO/c1-11-2-4-12(5-3-11)14-8-15(9-14)17-10-16(18)13-6-7-13/h2-5,13-18H,6-10H2,1H3. The van der Waals surface area contributed by atoms with Crippen LogP contribution >= 0.6 is 0 Å². The van der Waals surface area contributed by atoms with Gasteiger partial charge in [-0.25, -0.2) is 0 Å². The van der Waals surface area contributed by atoms with Crippen molar-refractivity contribution >= 4 is 0 Å². The second-order valence-electron chi connectivity index (χ2n) is 6.09. The van der Waals surface area contributed by atoms with Crippen molar-refractivity contribution < 1.29 is 5.11 Å². The fourth-order valence-electron chi connectivity index (χ4n) is 2.83. The van der Waals surface area contributed by atoms with Gasteiger partial charge in [-0.1, -0.05) is 29.8 Å². The van der Waals surface area contributed by atoms with Gasteiger partial charge in [-0.2, -0.15) is 0 Å². The van der Waals surface area contributed by atoms with Gasteiger partial charge in [-0.3, -0.25) is 0 Å². The number of nitrogens with one attached hydrogen (secondary N) is 1. The van der Waals surface area contributed by atoms with E-state index in [-0.39, 0.29) is 6.10 Å². The largest absolute Gasteiger partial charge is 0.392 e. The third kappa shape index (κ3) is 2.76. The molecule has 3 rings (SSSR count). The monoisotopic (exact) mass is 245 g/mol. The molecule has 1 unspecified atom stereocenters. The van der Waals surface area contributed by atoms with E-state index in [0.29, 0.717) is 12.0 Å². The van der Waals surface area contributed by atoms with Crippen LogP contribution < -0.4 is 5.32 Å². The fourth-order valence-corrected chi connectivity index (χ4v) is 2.83. The summed E-state index contributed by atoms with van der Waals surface area (Å²) >= 11 is 0. The van der Waals surface area contributed by atoms with E-state index in [0.717, 1.165) is 12.5 Å². The van der Waals surface area contributed by atoms with Gasteiger partial charge in [0.2, 0.25) is 0 Å².